The minimum Gasteiger partial charge on any atom is -0.337 e. The van der Waals surface area contributed by atoms with E-state index in [1.54, 1.807) is 6.07 Å². The molecule has 22 heavy (non-hydrogen) atoms. The fourth-order valence-electron chi connectivity index (χ4n) is 3.03. The molecule has 2 aliphatic rings. The number of carbonyl (C=O) groups is 2. The maximum absolute atomic E-state index is 13.3. The van der Waals surface area contributed by atoms with Gasteiger partial charge in [0.2, 0.25) is 11.8 Å². The third-order valence-corrected chi connectivity index (χ3v) is 4.14. The SMILES string of the molecule is C[C@@H]1CNCCN1C(=O)C1CC(=O)Nc2cc(F)ccc21.Cl. The van der Waals surface area contributed by atoms with Gasteiger partial charge >= 0.3 is 0 Å². The molecule has 0 aromatic heterocycles. The summed E-state index contributed by atoms with van der Waals surface area (Å²) in [6, 6.07) is 4.30. The van der Waals surface area contributed by atoms with E-state index in [1.165, 1.54) is 12.1 Å². The van der Waals surface area contributed by atoms with Crippen LogP contribution in [-0.2, 0) is 9.59 Å². The fourth-order valence-corrected chi connectivity index (χ4v) is 3.03. The lowest BCUT2D eigenvalue weighted by atomic mass is 9.88. The van der Waals surface area contributed by atoms with Gasteiger partial charge < -0.3 is 15.5 Å². The van der Waals surface area contributed by atoms with Gasteiger partial charge in [0.15, 0.2) is 0 Å². The normalized spacial score (nSPS) is 24.1. The van der Waals surface area contributed by atoms with Crippen LogP contribution >= 0.6 is 12.4 Å². The molecule has 2 heterocycles. The highest BCUT2D eigenvalue weighted by molar-refractivity contribution is 6.01. The molecule has 0 spiro atoms. The molecule has 2 N–H and O–H groups in total. The van der Waals surface area contributed by atoms with E-state index in [9.17, 15) is 14.0 Å². The Morgan fingerprint density at radius 1 is 1.41 bits per heavy atom. The summed E-state index contributed by atoms with van der Waals surface area (Å²) in [5, 5.41) is 5.87. The Labute approximate surface area is 134 Å². The first kappa shape index (κ1) is 16.7. The number of anilines is 1. The number of benzene rings is 1. The molecule has 0 aliphatic carbocycles. The molecule has 1 saturated heterocycles. The maximum atomic E-state index is 13.3. The zero-order valence-corrected chi connectivity index (χ0v) is 13.1. The third kappa shape index (κ3) is 3.08. The number of halogens is 2. The van der Waals surface area contributed by atoms with Crippen LogP contribution in [0.2, 0.25) is 0 Å². The summed E-state index contributed by atoms with van der Waals surface area (Å²) in [5.41, 5.74) is 1.11. The summed E-state index contributed by atoms with van der Waals surface area (Å²) >= 11 is 0. The van der Waals surface area contributed by atoms with Crippen LogP contribution in [0.25, 0.3) is 0 Å². The molecule has 2 atom stereocenters. The first-order chi connectivity index (χ1) is 10.1. The number of carbonyl (C=O) groups excluding carboxylic acids is 2. The quantitative estimate of drug-likeness (QED) is 0.821. The average molecular weight is 328 g/mol. The summed E-state index contributed by atoms with van der Waals surface area (Å²) in [6.07, 6.45) is 0.119. The van der Waals surface area contributed by atoms with E-state index in [2.05, 4.69) is 10.6 Å². The van der Waals surface area contributed by atoms with E-state index in [0.29, 0.717) is 17.8 Å². The van der Waals surface area contributed by atoms with Gasteiger partial charge in [0.25, 0.3) is 0 Å². The van der Waals surface area contributed by atoms with Crippen molar-refractivity contribution in [2.24, 2.45) is 0 Å². The molecule has 1 unspecified atom stereocenters. The van der Waals surface area contributed by atoms with E-state index in [-0.39, 0.29) is 36.7 Å². The van der Waals surface area contributed by atoms with Gasteiger partial charge in [-0.3, -0.25) is 9.59 Å². The van der Waals surface area contributed by atoms with E-state index in [1.807, 2.05) is 11.8 Å². The molecule has 120 valence electrons. The molecule has 5 nitrogen and oxygen atoms in total. The second-order valence-corrected chi connectivity index (χ2v) is 5.62. The summed E-state index contributed by atoms with van der Waals surface area (Å²) in [4.78, 5) is 26.4. The highest BCUT2D eigenvalue weighted by Gasteiger charge is 2.35. The van der Waals surface area contributed by atoms with Crippen molar-refractivity contribution in [2.45, 2.75) is 25.3 Å². The van der Waals surface area contributed by atoms with Crippen molar-refractivity contribution in [1.82, 2.24) is 10.2 Å². The van der Waals surface area contributed by atoms with Crippen molar-refractivity contribution in [3.8, 4) is 0 Å². The van der Waals surface area contributed by atoms with Crippen molar-refractivity contribution in [2.75, 3.05) is 25.0 Å². The molecule has 0 saturated carbocycles. The summed E-state index contributed by atoms with van der Waals surface area (Å²) in [6.45, 7) is 4.12. The van der Waals surface area contributed by atoms with Crippen LogP contribution in [0.4, 0.5) is 10.1 Å². The molecular weight excluding hydrogens is 309 g/mol. The van der Waals surface area contributed by atoms with Crippen LogP contribution in [0, 0.1) is 5.82 Å². The average Bonchev–Trinajstić information content (AvgIpc) is 2.45. The number of fused-ring (bicyclic) bond motifs is 1. The van der Waals surface area contributed by atoms with Crippen LogP contribution in [0.15, 0.2) is 18.2 Å². The Morgan fingerprint density at radius 3 is 2.91 bits per heavy atom. The van der Waals surface area contributed by atoms with Crippen LogP contribution in [0.3, 0.4) is 0 Å². The summed E-state index contributed by atoms with van der Waals surface area (Å²) in [5.74, 6) is -1.23. The second kappa shape index (κ2) is 6.62. The van der Waals surface area contributed by atoms with Gasteiger partial charge in [-0.05, 0) is 24.6 Å². The smallest absolute Gasteiger partial charge is 0.231 e. The van der Waals surface area contributed by atoms with Crippen molar-refractivity contribution < 1.29 is 14.0 Å². The highest BCUT2D eigenvalue weighted by Crippen LogP contribution is 2.34. The molecule has 7 heteroatoms. The number of amides is 2. The standard InChI is InChI=1S/C15H18FN3O2.ClH/c1-9-8-17-4-5-19(9)15(21)12-7-14(20)18-13-6-10(16)2-3-11(12)13;/h2-3,6,9,12,17H,4-5,7-8H2,1H3,(H,18,20);1H/t9-,12?;/m1./s1. The molecule has 3 rings (SSSR count). The monoisotopic (exact) mass is 327 g/mol. The predicted octanol–water partition coefficient (Wildman–Crippen LogP) is 1.49. The molecule has 1 aromatic rings. The summed E-state index contributed by atoms with van der Waals surface area (Å²) < 4.78 is 13.3. The van der Waals surface area contributed by atoms with E-state index in [0.717, 1.165) is 13.1 Å². The van der Waals surface area contributed by atoms with E-state index in [4.69, 9.17) is 0 Å². The minimum atomic E-state index is -0.519. The predicted molar refractivity (Wildman–Crippen MR) is 83.7 cm³/mol. The van der Waals surface area contributed by atoms with E-state index < -0.39 is 11.7 Å². The van der Waals surface area contributed by atoms with E-state index >= 15 is 0 Å². The van der Waals surface area contributed by atoms with Crippen LogP contribution in [0.1, 0.15) is 24.8 Å². The Kier molecular flexibility index (Phi) is 5.03. The first-order valence-corrected chi connectivity index (χ1v) is 7.17. The number of rotatable bonds is 1. The molecule has 2 amide bonds. The fraction of sp³-hybridized carbons (Fsp3) is 0.467. The molecule has 1 aromatic carbocycles. The van der Waals surface area contributed by atoms with Crippen LogP contribution in [-0.4, -0.2) is 42.4 Å². The zero-order chi connectivity index (χ0) is 15.0. The number of hydrogen-bond acceptors (Lipinski definition) is 3. The number of hydrogen-bond donors (Lipinski definition) is 2. The molecule has 1 fully saturated rings. The largest absolute Gasteiger partial charge is 0.337 e. The topological polar surface area (TPSA) is 61.4 Å². The Balaban J connectivity index is 0.00000176. The molecule has 0 radical (unpaired) electrons. The maximum Gasteiger partial charge on any atom is 0.231 e. The van der Waals surface area contributed by atoms with Crippen molar-refractivity contribution in [1.29, 1.82) is 0 Å². The zero-order valence-electron chi connectivity index (χ0n) is 12.3. The molecular formula is C15H19ClFN3O2. The number of piperazine rings is 1. The van der Waals surface area contributed by atoms with Crippen LogP contribution < -0.4 is 10.6 Å². The summed E-state index contributed by atoms with van der Waals surface area (Å²) in [7, 11) is 0. The van der Waals surface area contributed by atoms with Crippen molar-refractivity contribution >= 4 is 29.9 Å². The van der Waals surface area contributed by atoms with Gasteiger partial charge in [-0.1, -0.05) is 6.07 Å². The van der Waals surface area contributed by atoms with Gasteiger partial charge in [-0.15, -0.1) is 12.4 Å². The van der Waals surface area contributed by atoms with Gasteiger partial charge in [-0.25, -0.2) is 4.39 Å². The minimum absolute atomic E-state index is 0. The number of nitrogens with zero attached hydrogens (tertiary/aromatic N) is 1. The van der Waals surface area contributed by atoms with Crippen molar-refractivity contribution in [3.05, 3.63) is 29.6 Å². The Bertz CT molecular complexity index is 596. The lowest BCUT2D eigenvalue weighted by molar-refractivity contribution is -0.137. The first-order valence-electron chi connectivity index (χ1n) is 7.17. The number of nitrogens with one attached hydrogen (secondary N) is 2. The third-order valence-electron chi connectivity index (χ3n) is 4.14. The van der Waals surface area contributed by atoms with Crippen molar-refractivity contribution in [3.63, 3.8) is 0 Å². The lowest BCUT2D eigenvalue weighted by Gasteiger charge is -2.37. The lowest BCUT2D eigenvalue weighted by Crippen LogP contribution is -2.54. The molecule has 0 bridgehead atoms. The highest BCUT2D eigenvalue weighted by atomic mass is 35.5. The van der Waals surface area contributed by atoms with Gasteiger partial charge in [0.1, 0.15) is 5.82 Å². The Morgan fingerprint density at radius 2 is 2.18 bits per heavy atom. The second-order valence-electron chi connectivity index (χ2n) is 5.62. The molecule has 2 aliphatic heterocycles. The van der Waals surface area contributed by atoms with Crippen LogP contribution in [0.5, 0.6) is 0 Å². The van der Waals surface area contributed by atoms with Gasteiger partial charge in [0, 0.05) is 37.8 Å². The van der Waals surface area contributed by atoms with Gasteiger partial charge in [0.05, 0.1) is 5.92 Å². The Hall–Kier alpha value is -1.66. The van der Waals surface area contributed by atoms with Gasteiger partial charge in [-0.2, -0.15) is 0 Å².